The first kappa shape index (κ1) is 25.0. The van der Waals surface area contributed by atoms with Gasteiger partial charge >= 0.3 is 5.97 Å². The number of rotatable bonds is 9. The van der Waals surface area contributed by atoms with Gasteiger partial charge in [-0.05, 0) is 44.0 Å². The number of carbonyl (C=O) groups is 2. The van der Waals surface area contributed by atoms with E-state index in [1.165, 1.54) is 20.3 Å². The predicted molar refractivity (Wildman–Crippen MR) is 130 cm³/mol. The van der Waals surface area contributed by atoms with Crippen LogP contribution in [0.5, 0.6) is 17.2 Å². The van der Waals surface area contributed by atoms with Gasteiger partial charge in [0.25, 0.3) is 5.89 Å². The van der Waals surface area contributed by atoms with Crippen LogP contribution in [0.2, 0.25) is 0 Å². The van der Waals surface area contributed by atoms with E-state index in [9.17, 15) is 9.59 Å². The lowest BCUT2D eigenvalue weighted by molar-refractivity contribution is -0.119. The minimum atomic E-state index is -0.844. The molecule has 0 bridgehead atoms. The predicted octanol–water partition coefficient (Wildman–Crippen LogP) is 4.81. The zero-order chi connectivity index (χ0) is 25.7. The summed E-state index contributed by atoms with van der Waals surface area (Å²) in [7, 11) is 4.53. The second-order valence-corrected chi connectivity index (χ2v) is 8.44. The van der Waals surface area contributed by atoms with Gasteiger partial charge in [-0.15, -0.1) is 10.2 Å². The van der Waals surface area contributed by atoms with Gasteiger partial charge in [-0.25, -0.2) is 4.79 Å². The lowest BCUT2D eigenvalue weighted by Crippen LogP contribution is -2.22. The quantitative estimate of drug-likeness (QED) is 0.417. The fourth-order valence-electron chi connectivity index (χ4n) is 4.10. The Hall–Kier alpha value is -4.08. The molecule has 4 rings (SSSR count). The van der Waals surface area contributed by atoms with Crippen LogP contribution in [0.1, 0.15) is 55.0 Å². The molecule has 36 heavy (non-hydrogen) atoms. The maximum Gasteiger partial charge on any atom is 0.341 e. The average molecular weight is 496 g/mol. The monoisotopic (exact) mass is 495 g/mol. The fourth-order valence-corrected chi connectivity index (χ4v) is 4.10. The number of nitrogens with zero attached hydrogens (tertiary/aromatic N) is 2. The molecule has 1 N–H and O–H groups in total. The number of hydrogen-bond acceptors (Lipinski definition) is 9. The fraction of sp³-hybridized carbons (Fsp3) is 0.385. The first-order valence-electron chi connectivity index (χ1n) is 11.7. The van der Waals surface area contributed by atoms with E-state index in [2.05, 4.69) is 15.5 Å². The molecule has 1 fully saturated rings. The smallest absolute Gasteiger partial charge is 0.341 e. The summed E-state index contributed by atoms with van der Waals surface area (Å²) in [5.74, 6) is 0.914. The molecule has 1 aromatic heterocycles. The van der Waals surface area contributed by atoms with Crippen molar-refractivity contribution in [3.63, 3.8) is 0 Å². The number of ether oxygens (including phenoxy) is 4. The number of amides is 1. The molecule has 3 aromatic rings. The Labute approximate surface area is 208 Å². The third kappa shape index (κ3) is 5.42. The summed E-state index contributed by atoms with van der Waals surface area (Å²) in [4.78, 5) is 26.0. The van der Waals surface area contributed by atoms with Crippen molar-refractivity contribution in [2.75, 3.05) is 26.6 Å². The summed E-state index contributed by atoms with van der Waals surface area (Å²) in [6, 6.07) is 10.2. The Kier molecular flexibility index (Phi) is 7.72. The van der Waals surface area contributed by atoms with Gasteiger partial charge in [-0.1, -0.05) is 12.8 Å². The topological polar surface area (TPSA) is 122 Å². The molecule has 1 saturated carbocycles. The highest BCUT2D eigenvalue weighted by Crippen LogP contribution is 2.36. The number of anilines is 1. The standard InChI is InChI=1S/C26H29N3O7/c1-15(24-28-29-25(36-24)17-9-11-18(32-2)12-10-17)35-26(31)19-13-21(33-3)22(34-4)14-20(19)27-23(30)16-7-5-6-8-16/h9-16H,5-8H2,1-4H3,(H,27,30). The van der Waals surface area contributed by atoms with Crippen molar-refractivity contribution in [1.29, 1.82) is 0 Å². The molecular weight excluding hydrogens is 466 g/mol. The van der Waals surface area contributed by atoms with Gasteiger partial charge in [-0.3, -0.25) is 4.79 Å². The van der Waals surface area contributed by atoms with Gasteiger partial charge in [0.2, 0.25) is 11.8 Å². The highest BCUT2D eigenvalue weighted by molar-refractivity contribution is 6.03. The van der Waals surface area contributed by atoms with Gasteiger partial charge in [0, 0.05) is 23.6 Å². The number of hydrogen-bond donors (Lipinski definition) is 1. The van der Waals surface area contributed by atoms with Crippen molar-refractivity contribution in [3.05, 3.63) is 47.9 Å². The highest BCUT2D eigenvalue weighted by Gasteiger charge is 2.27. The Bertz CT molecular complexity index is 1220. The average Bonchev–Trinajstić information content (AvgIpc) is 3.61. The molecule has 1 aliphatic carbocycles. The van der Waals surface area contributed by atoms with Gasteiger partial charge in [0.1, 0.15) is 5.75 Å². The largest absolute Gasteiger partial charge is 0.497 e. The maximum atomic E-state index is 13.2. The van der Waals surface area contributed by atoms with Gasteiger partial charge < -0.3 is 28.7 Å². The van der Waals surface area contributed by atoms with Crippen molar-refractivity contribution in [2.24, 2.45) is 5.92 Å². The second kappa shape index (κ2) is 11.1. The van der Waals surface area contributed by atoms with Crippen LogP contribution in [-0.4, -0.2) is 43.4 Å². The molecule has 2 aromatic carbocycles. The second-order valence-electron chi connectivity index (χ2n) is 8.44. The Morgan fingerprint density at radius 3 is 2.28 bits per heavy atom. The molecule has 1 aliphatic rings. The van der Waals surface area contributed by atoms with E-state index in [1.807, 2.05) is 0 Å². The highest BCUT2D eigenvalue weighted by atomic mass is 16.6. The summed E-state index contributed by atoms with van der Waals surface area (Å²) < 4.78 is 27.2. The number of nitrogens with one attached hydrogen (secondary N) is 1. The number of esters is 1. The third-order valence-electron chi connectivity index (χ3n) is 6.14. The Morgan fingerprint density at radius 1 is 0.972 bits per heavy atom. The number of carbonyl (C=O) groups excluding carboxylic acids is 2. The molecule has 0 saturated heterocycles. The molecule has 1 atom stereocenters. The van der Waals surface area contributed by atoms with Crippen LogP contribution in [0.25, 0.3) is 11.5 Å². The van der Waals surface area contributed by atoms with Gasteiger partial charge in [-0.2, -0.15) is 0 Å². The first-order chi connectivity index (χ1) is 17.4. The van der Waals surface area contributed by atoms with Crippen LogP contribution >= 0.6 is 0 Å². The van der Waals surface area contributed by atoms with E-state index < -0.39 is 12.1 Å². The van der Waals surface area contributed by atoms with E-state index in [0.29, 0.717) is 22.8 Å². The minimum absolute atomic E-state index is 0.0874. The molecule has 1 unspecified atom stereocenters. The van der Waals surface area contributed by atoms with Crippen molar-refractivity contribution in [3.8, 4) is 28.7 Å². The van der Waals surface area contributed by atoms with Crippen LogP contribution in [0, 0.1) is 5.92 Å². The normalized spacial score (nSPS) is 14.2. The molecule has 1 heterocycles. The summed E-state index contributed by atoms with van der Waals surface area (Å²) >= 11 is 0. The van der Waals surface area contributed by atoms with Gasteiger partial charge in [0.05, 0.1) is 32.6 Å². The SMILES string of the molecule is COc1ccc(-c2nnc(C(C)OC(=O)c3cc(OC)c(OC)cc3NC(=O)C3CCCC3)o2)cc1. The maximum absolute atomic E-state index is 13.2. The van der Waals surface area contributed by atoms with E-state index in [0.717, 1.165) is 25.7 Å². The molecular formula is C26H29N3O7. The van der Waals surface area contributed by atoms with Crippen molar-refractivity contribution in [2.45, 2.75) is 38.7 Å². The first-order valence-corrected chi connectivity index (χ1v) is 11.7. The van der Waals surface area contributed by atoms with E-state index in [-0.39, 0.29) is 34.9 Å². The molecule has 10 heteroatoms. The van der Waals surface area contributed by atoms with Crippen LogP contribution < -0.4 is 19.5 Å². The summed E-state index contributed by atoms with van der Waals surface area (Å²) in [5.41, 5.74) is 1.11. The zero-order valence-corrected chi connectivity index (χ0v) is 20.7. The Balaban J connectivity index is 1.54. The number of methoxy groups -OCH3 is 3. The molecule has 10 nitrogen and oxygen atoms in total. The number of benzene rings is 2. The lowest BCUT2D eigenvalue weighted by atomic mass is 10.1. The molecule has 190 valence electrons. The van der Waals surface area contributed by atoms with Crippen LogP contribution in [-0.2, 0) is 9.53 Å². The molecule has 0 aliphatic heterocycles. The van der Waals surface area contributed by atoms with E-state index in [4.69, 9.17) is 23.4 Å². The summed E-state index contributed by atoms with van der Waals surface area (Å²) in [6.07, 6.45) is 2.83. The zero-order valence-electron chi connectivity index (χ0n) is 20.7. The minimum Gasteiger partial charge on any atom is -0.497 e. The lowest BCUT2D eigenvalue weighted by Gasteiger charge is -2.17. The number of aromatic nitrogens is 2. The Morgan fingerprint density at radius 2 is 1.64 bits per heavy atom. The third-order valence-corrected chi connectivity index (χ3v) is 6.14. The summed E-state index contributed by atoms with van der Waals surface area (Å²) in [6.45, 7) is 1.63. The molecule has 0 spiro atoms. The van der Waals surface area contributed by atoms with E-state index in [1.54, 1.807) is 44.4 Å². The van der Waals surface area contributed by atoms with Crippen molar-refractivity contribution >= 4 is 17.6 Å². The molecule has 0 radical (unpaired) electrons. The summed E-state index contributed by atoms with van der Waals surface area (Å²) in [5, 5.41) is 10.9. The van der Waals surface area contributed by atoms with Crippen molar-refractivity contribution < 1.29 is 33.0 Å². The van der Waals surface area contributed by atoms with Crippen molar-refractivity contribution in [1.82, 2.24) is 10.2 Å². The van der Waals surface area contributed by atoms with Crippen LogP contribution in [0.3, 0.4) is 0 Å². The van der Waals surface area contributed by atoms with Gasteiger partial charge in [0.15, 0.2) is 17.6 Å². The van der Waals surface area contributed by atoms with Crippen LogP contribution in [0.15, 0.2) is 40.8 Å². The van der Waals surface area contributed by atoms with Crippen LogP contribution in [0.4, 0.5) is 5.69 Å². The van der Waals surface area contributed by atoms with E-state index >= 15 is 0 Å². The molecule has 1 amide bonds.